The summed E-state index contributed by atoms with van der Waals surface area (Å²) >= 11 is 0. The van der Waals surface area contributed by atoms with Gasteiger partial charge >= 0.3 is 0 Å². The highest BCUT2D eigenvalue weighted by atomic mass is 16.1. The van der Waals surface area contributed by atoms with Crippen LogP contribution in [-0.4, -0.2) is 17.4 Å². The minimum atomic E-state index is -0.139. The van der Waals surface area contributed by atoms with Crippen molar-refractivity contribution in [1.82, 2.24) is 10.3 Å². The standard InChI is InChI=1S/C17H21N3O/c1-11(2)17(7-8-17)10-19-16(21)14-9-12-5-3-4-6-13(12)15(18)20-14/h3-6,9,11H,7-8,10H2,1-2H3,(H2,18,20)(H,19,21). The fraction of sp³-hybridized carbons (Fsp3) is 0.412. The Morgan fingerprint density at radius 2 is 2.10 bits per heavy atom. The second-order valence-electron chi connectivity index (χ2n) is 6.31. The zero-order chi connectivity index (χ0) is 15.0. The van der Waals surface area contributed by atoms with Gasteiger partial charge in [0.2, 0.25) is 0 Å². The third kappa shape index (κ3) is 2.58. The highest BCUT2D eigenvalue weighted by Crippen LogP contribution is 2.51. The predicted octanol–water partition coefficient (Wildman–Crippen LogP) is 2.98. The van der Waals surface area contributed by atoms with Gasteiger partial charge in [-0.3, -0.25) is 4.79 Å². The summed E-state index contributed by atoms with van der Waals surface area (Å²) in [5, 5.41) is 4.85. The molecule has 1 aliphatic rings. The van der Waals surface area contributed by atoms with E-state index < -0.39 is 0 Å². The summed E-state index contributed by atoms with van der Waals surface area (Å²) in [5.41, 5.74) is 6.63. The number of hydrogen-bond donors (Lipinski definition) is 2. The molecule has 0 spiro atoms. The second kappa shape index (κ2) is 5.02. The summed E-state index contributed by atoms with van der Waals surface area (Å²) in [5.74, 6) is 0.857. The lowest BCUT2D eigenvalue weighted by atomic mass is 9.92. The van der Waals surface area contributed by atoms with Crippen LogP contribution in [0.25, 0.3) is 10.8 Å². The number of benzene rings is 1. The van der Waals surface area contributed by atoms with Crippen LogP contribution in [-0.2, 0) is 0 Å². The van der Waals surface area contributed by atoms with Crippen molar-refractivity contribution in [2.24, 2.45) is 11.3 Å². The molecule has 0 bridgehead atoms. The Kier molecular flexibility index (Phi) is 3.32. The van der Waals surface area contributed by atoms with Crippen molar-refractivity contribution in [1.29, 1.82) is 0 Å². The van der Waals surface area contributed by atoms with E-state index in [9.17, 15) is 4.79 Å². The molecule has 1 aromatic heterocycles. The van der Waals surface area contributed by atoms with Gasteiger partial charge in [-0.05, 0) is 35.6 Å². The van der Waals surface area contributed by atoms with E-state index in [0.29, 0.717) is 17.4 Å². The lowest BCUT2D eigenvalue weighted by Crippen LogP contribution is -2.33. The summed E-state index contributed by atoms with van der Waals surface area (Å²) < 4.78 is 0. The molecule has 1 aliphatic carbocycles. The molecule has 0 radical (unpaired) electrons. The summed E-state index contributed by atoms with van der Waals surface area (Å²) in [6.45, 7) is 5.15. The lowest BCUT2D eigenvalue weighted by molar-refractivity contribution is 0.0935. The number of aromatic nitrogens is 1. The Labute approximate surface area is 124 Å². The quantitative estimate of drug-likeness (QED) is 0.906. The first-order valence-electron chi connectivity index (χ1n) is 7.45. The van der Waals surface area contributed by atoms with Gasteiger partial charge in [-0.25, -0.2) is 4.98 Å². The SMILES string of the molecule is CC(C)C1(CNC(=O)c2cc3ccccc3c(N)n2)CC1. The molecule has 1 saturated carbocycles. The number of pyridine rings is 1. The van der Waals surface area contributed by atoms with E-state index in [-0.39, 0.29) is 11.3 Å². The van der Waals surface area contributed by atoms with E-state index >= 15 is 0 Å². The molecule has 110 valence electrons. The van der Waals surface area contributed by atoms with Gasteiger partial charge in [-0.1, -0.05) is 38.1 Å². The molecule has 0 aliphatic heterocycles. The predicted molar refractivity (Wildman–Crippen MR) is 85.0 cm³/mol. The van der Waals surface area contributed by atoms with Crippen molar-refractivity contribution in [3.63, 3.8) is 0 Å². The van der Waals surface area contributed by atoms with Gasteiger partial charge in [0.1, 0.15) is 11.5 Å². The third-order valence-electron chi connectivity index (χ3n) is 4.72. The monoisotopic (exact) mass is 283 g/mol. The van der Waals surface area contributed by atoms with Crippen LogP contribution in [0.3, 0.4) is 0 Å². The number of nitrogens with one attached hydrogen (secondary N) is 1. The summed E-state index contributed by atoms with van der Waals surface area (Å²) in [6.07, 6.45) is 2.39. The van der Waals surface area contributed by atoms with Crippen LogP contribution < -0.4 is 11.1 Å². The van der Waals surface area contributed by atoms with Crippen LogP contribution in [0.15, 0.2) is 30.3 Å². The number of anilines is 1. The van der Waals surface area contributed by atoms with Gasteiger partial charge in [-0.15, -0.1) is 0 Å². The molecule has 3 rings (SSSR count). The van der Waals surface area contributed by atoms with Gasteiger partial charge < -0.3 is 11.1 Å². The van der Waals surface area contributed by atoms with Crippen molar-refractivity contribution < 1.29 is 4.79 Å². The minimum Gasteiger partial charge on any atom is -0.383 e. The molecular weight excluding hydrogens is 262 g/mol. The van der Waals surface area contributed by atoms with Crippen molar-refractivity contribution in [3.8, 4) is 0 Å². The maximum absolute atomic E-state index is 12.3. The Bertz CT molecular complexity index is 689. The summed E-state index contributed by atoms with van der Waals surface area (Å²) in [4.78, 5) is 16.5. The molecule has 0 atom stereocenters. The summed E-state index contributed by atoms with van der Waals surface area (Å²) in [7, 11) is 0. The molecule has 4 nitrogen and oxygen atoms in total. The number of carbonyl (C=O) groups excluding carboxylic acids is 1. The highest BCUT2D eigenvalue weighted by molar-refractivity contribution is 5.99. The van der Waals surface area contributed by atoms with E-state index in [1.165, 1.54) is 12.8 Å². The Balaban J connectivity index is 1.79. The fourth-order valence-corrected chi connectivity index (χ4v) is 2.81. The number of nitrogens with zero attached hydrogens (tertiary/aromatic N) is 1. The number of hydrogen-bond acceptors (Lipinski definition) is 3. The Morgan fingerprint density at radius 1 is 1.38 bits per heavy atom. The first kappa shape index (κ1) is 13.9. The second-order valence-corrected chi connectivity index (χ2v) is 6.31. The number of nitrogen functional groups attached to an aromatic ring is 1. The molecule has 1 amide bonds. The van der Waals surface area contributed by atoms with Gasteiger partial charge in [-0.2, -0.15) is 0 Å². The van der Waals surface area contributed by atoms with Crippen LogP contribution in [0.1, 0.15) is 37.2 Å². The van der Waals surface area contributed by atoms with Crippen molar-refractivity contribution in [3.05, 3.63) is 36.0 Å². The zero-order valence-electron chi connectivity index (χ0n) is 12.5. The molecule has 21 heavy (non-hydrogen) atoms. The average molecular weight is 283 g/mol. The molecule has 2 aromatic rings. The fourth-order valence-electron chi connectivity index (χ4n) is 2.81. The summed E-state index contributed by atoms with van der Waals surface area (Å²) in [6, 6.07) is 9.51. The number of rotatable bonds is 4. The van der Waals surface area contributed by atoms with Crippen LogP contribution in [0.5, 0.6) is 0 Å². The van der Waals surface area contributed by atoms with Crippen LogP contribution in [0.2, 0.25) is 0 Å². The largest absolute Gasteiger partial charge is 0.383 e. The van der Waals surface area contributed by atoms with E-state index in [4.69, 9.17) is 5.73 Å². The molecule has 0 saturated heterocycles. The van der Waals surface area contributed by atoms with Crippen molar-refractivity contribution in [2.45, 2.75) is 26.7 Å². The van der Waals surface area contributed by atoms with Gasteiger partial charge in [0.25, 0.3) is 5.91 Å². The van der Waals surface area contributed by atoms with Gasteiger partial charge in [0.05, 0.1) is 0 Å². The molecule has 1 fully saturated rings. The lowest BCUT2D eigenvalue weighted by Gasteiger charge is -2.19. The van der Waals surface area contributed by atoms with Crippen LogP contribution in [0, 0.1) is 11.3 Å². The van der Waals surface area contributed by atoms with Crippen molar-refractivity contribution in [2.75, 3.05) is 12.3 Å². The molecule has 0 unspecified atom stereocenters. The molecule has 1 heterocycles. The Hall–Kier alpha value is -2.10. The first-order chi connectivity index (χ1) is 10.0. The number of carbonyl (C=O) groups is 1. The minimum absolute atomic E-state index is 0.139. The van der Waals surface area contributed by atoms with E-state index in [1.807, 2.05) is 24.3 Å². The number of amides is 1. The topological polar surface area (TPSA) is 68.0 Å². The maximum Gasteiger partial charge on any atom is 0.270 e. The third-order valence-corrected chi connectivity index (χ3v) is 4.72. The molecular formula is C17H21N3O. The van der Waals surface area contributed by atoms with Gasteiger partial charge in [0.15, 0.2) is 0 Å². The Morgan fingerprint density at radius 3 is 2.76 bits per heavy atom. The molecule has 3 N–H and O–H groups in total. The molecule has 1 aromatic carbocycles. The van der Waals surface area contributed by atoms with E-state index in [2.05, 4.69) is 24.1 Å². The van der Waals surface area contributed by atoms with E-state index in [1.54, 1.807) is 6.07 Å². The normalized spacial score (nSPS) is 16.1. The zero-order valence-corrected chi connectivity index (χ0v) is 12.5. The molecule has 4 heteroatoms. The number of fused-ring (bicyclic) bond motifs is 1. The van der Waals surface area contributed by atoms with Crippen molar-refractivity contribution >= 4 is 22.5 Å². The highest BCUT2D eigenvalue weighted by Gasteiger charge is 2.45. The first-order valence-corrected chi connectivity index (χ1v) is 7.45. The van der Waals surface area contributed by atoms with E-state index in [0.717, 1.165) is 17.3 Å². The maximum atomic E-state index is 12.3. The average Bonchev–Trinajstić information content (AvgIpc) is 3.26. The van der Waals surface area contributed by atoms with Crippen LogP contribution in [0.4, 0.5) is 5.82 Å². The smallest absolute Gasteiger partial charge is 0.270 e. The van der Waals surface area contributed by atoms with Crippen LogP contribution >= 0.6 is 0 Å². The number of nitrogens with two attached hydrogens (primary N) is 1. The van der Waals surface area contributed by atoms with Gasteiger partial charge in [0, 0.05) is 11.9 Å².